The number of aryl methyl sites for hydroxylation is 1. The van der Waals surface area contributed by atoms with Crippen molar-refractivity contribution in [3.63, 3.8) is 0 Å². The van der Waals surface area contributed by atoms with Crippen LogP contribution in [-0.2, 0) is 17.8 Å². The average molecular weight is 527 g/mol. The van der Waals surface area contributed by atoms with Gasteiger partial charge >= 0.3 is 0 Å². The van der Waals surface area contributed by atoms with Crippen LogP contribution in [0, 0.1) is 12.7 Å². The zero-order valence-corrected chi connectivity index (χ0v) is 22.8. The molecular weight excluding hydrogens is 491 g/mol. The van der Waals surface area contributed by atoms with Gasteiger partial charge in [0.15, 0.2) is 11.5 Å². The van der Waals surface area contributed by atoms with Gasteiger partial charge in [-0.05, 0) is 66.6 Å². The molecule has 0 fully saturated rings. The fourth-order valence-electron chi connectivity index (χ4n) is 4.00. The Labute approximate surface area is 222 Å². The number of carbonyl (C=O) groups is 2. The molecule has 0 unspecified atom stereocenters. The Morgan fingerprint density at radius 3 is 2.38 bits per heavy atom. The molecule has 0 radical (unpaired) electrons. The van der Waals surface area contributed by atoms with Crippen LogP contribution in [0.4, 0.5) is 4.39 Å². The molecule has 0 spiro atoms. The third kappa shape index (κ3) is 7.55. The van der Waals surface area contributed by atoms with Crippen molar-refractivity contribution in [3.05, 3.63) is 81.3 Å². The zero-order chi connectivity index (χ0) is 26.8. The lowest BCUT2D eigenvalue weighted by molar-refractivity contribution is -0.132. The van der Waals surface area contributed by atoms with Gasteiger partial charge in [-0.15, -0.1) is 11.3 Å². The second kappa shape index (κ2) is 13.8. The number of carbonyl (C=O) groups excluding carboxylic acids is 2. The van der Waals surface area contributed by atoms with E-state index in [9.17, 15) is 14.0 Å². The van der Waals surface area contributed by atoms with Crippen LogP contribution in [0.3, 0.4) is 0 Å². The molecule has 1 aromatic heterocycles. The number of hydrogen-bond donors (Lipinski definition) is 0. The Kier molecular flexibility index (Phi) is 10.5. The topological polar surface area (TPSA) is 59.1 Å². The second-order valence-corrected chi connectivity index (χ2v) is 9.84. The first-order valence-corrected chi connectivity index (χ1v) is 13.3. The molecule has 0 aliphatic heterocycles. The molecule has 0 saturated carbocycles. The van der Waals surface area contributed by atoms with Gasteiger partial charge in [-0.3, -0.25) is 9.59 Å². The van der Waals surface area contributed by atoms with E-state index in [1.54, 1.807) is 42.6 Å². The van der Waals surface area contributed by atoms with Crippen LogP contribution in [0.5, 0.6) is 11.5 Å². The minimum atomic E-state index is -0.582. The van der Waals surface area contributed by atoms with Gasteiger partial charge in [-0.25, -0.2) is 4.39 Å². The van der Waals surface area contributed by atoms with E-state index < -0.39 is 11.7 Å². The van der Waals surface area contributed by atoms with Crippen LogP contribution in [0.1, 0.15) is 46.1 Å². The zero-order valence-electron chi connectivity index (χ0n) is 22.0. The largest absolute Gasteiger partial charge is 0.493 e. The predicted octanol–water partition coefficient (Wildman–Crippen LogP) is 5.73. The number of ether oxygens (including phenoxy) is 2. The minimum Gasteiger partial charge on any atom is -0.493 e. The summed E-state index contributed by atoms with van der Waals surface area (Å²) in [4.78, 5) is 31.2. The number of hydrogen-bond acceptors (Lipinski definition) is 5. The summed E-state index contributed by atoms with van der Waals surface area (Å²) in [7, 11) is 3.18. The van der Waals surface area contributed by atoms with Crippen molar-refractivity contribution in [1.29, 1.82) is 0 Å². The molecule has 8 heteroatoms. The van der Waals surface area contributed by atoms with Gasteiger partial charge in [0.05, 0.1) is 26.3 Å². The van der Waals surface area contributed by atoms with Crippen LogP contribution in [0.25, 0.3) is 0 Å². The van der Waals surface area contributed by atoms with Crippen molar-refractivity contribution in [3.8, 4) is 11.5 Å². The molecule has 0 bridgehead atoms. The number of benzene rings is 2. The number of methoxy groups -OCH3 is 2. The lowest BCUT2D eigenvalue weighted by Gasteiger charge is -2.28. The molecule has 1 heterocycles. The van der Waals surface area contributed by atoms with Crippen molar-refractivity contribution >= 4 is 23.2 Å². The second-order valence-electron chi connectivity index (χ2n) is 8.84. The van der Waals surface area contributed by atoms with E-state index in [4.69, 9.17) is 9.47 Å². The van der Waals surface area contributed by atoms with E-state index in [1.807, 2.05) is 43.5 Å². The minimum absolute atomic E-state index is 0.0163. The van der Waals surface area contributed by atoms with E-state index in [-0.39, 0.29) is 18.0 Å². The summed E-state index contributed by atoms with van der Waals surface area (Å²) in [6, 6.07) is 13.7. The van der Waals surface area contributed by atoms with E-state index in [2.05, 4.69) is 0 Å². The first-order chi connectivity index (χ1) is 17.9. The van der Waals surface area contributed by atoms with Gasteiger partial charge in [-0.1, -0.05) is 31.5 Å². The lowest BCUT2D eigenvalue weighted by atomic mass is 10.1. The van der Waals surface area contributed by atoms with Gasteiger partial charge in [0.2, 0.25) is 5.91 Å². The van der Waals surface area contributed by atoms with Gasteiger partial charge in [0.25, 0.3) is 5.91 Å². The van der Waals surface area contributed by atoms with Crippen LogP contribution in [0.2, 0.25) is 0 Å². The Hall–Kier alpha value is -3.39. The summed E-state index contributed by atoms with van der Waals surface area (Å²) in [5, 5.41) is 2.01. The first kappa shape index (κ1) is 28.2. The van der Waals surface area contributed by atoms with E-state index in [0.717, 1.165) is 28.8 Å². The highest BCUT2D eigenvalue weighted by atomic mass is 32.1. The molecule has 198 valence electrons. The van der Waals surface area contributed by atoms with Gasteiger partial charge in [0.1, 0.15) is 12.4 Å². The van der Waals surface area contributed by atoms with Crippen molar-refractivity contribution in [2.24, 2.45) is 0 Å². The maximum atomic E-state index is 14.4. The molecular formula is C29H35FN2O4S. The number of halogens is 1. The average Bonchev–Trinajstić information content (AvgIpc) is 3.32. The third-order valence-electron chi connectivity index (χ3n) is 6.27. The smallest absolute Gasteiger partial charge is 0.257 e. The maximum Gasteiger partial charge on any atom is 0.257 e. The molecule has 37 heavy (non-hydrogen) atoms. The van der Waals surface area contributed by atoms with Crippen LogP contribution >= 0.6 is 11.3 Å². The summed E-state index contributed by atoms with van der Waals surface area (Å²) >= 11 is 1.61. The molecule has 3 rings (SSSR count). The standard InChI is InChI=1S/C29H35FN2O4S/c1-5-6-15-32(29(34)23-9-7-8-10-24(23)30)20-28(33)31(19-27-21(2)14-17-37-27)16-13-22-11-12-25(35-3)26(18-22)36-4/h7-12,14,17-18H,5-6,13,15-16,19-20H2,1-4H3. The van der Waals surface area contributed by atoms with Crippen LogP contribution in [-0.4, -0.2) is 55.5 Å². The van der Waals surface area contributed by atoms with E-state index in [1.165, 1.54) is 17.0 Å². The lowest BCUT2D eigenvalue weighted by Crippen LogP contribution is -2.44. The molecule has 0 aliphatic carbocycles. The van der Waals surface area contributed by atoms with Gasteiger partial charge in [-0.2, -0.15) is 0 Å². The van der Waals surface area contributed by atoms with Crippen molar-refractivity contribution in [2.75, 3.05) is 33.9 Å². The van der Waals surface area contributed by atoms with Crippen molar-refractivity contribution < 1.29 is 23.5 Å². The monoisotopic (exact) mass is 526 g/mol. The molecule has 0 aliphatic rings. The number of rotatable bonds is 13. The first-order valence-electron chi connectivity index (χ1n) is 12.4. The molecule has 0 saturated heterocycles. The predicted molar refractivity (Wildman–Crippen MR) is 145 cm³/mol. The summed E-state index contributed by atoms with van der Waals surface area (Å²) in [6.45, 7) is 5.23. The fourth-order valence-corrected chi connectivity index (χ4v) is 4.92. The van der Waals surface area contributed by atoms with Crippen molar-refractivity contribution in [1.82, 2.24) is 9.80 Å². The summed E-state index contributed by atoms with van der Waals surface area (Å²) < 4.78 is 25.1. The number of amides is 2. The molecule has 0 atom stereocenters. The highest BCUT2D eigenvalue weighted by Crippen LogP contribution is 2.28. The third-order valence-corrected chi connectivity index (χ3v) is 7.28. The van der Waals surface area contributed by atoms with Gasteiger partial charge < -0.3 is 19.3 Å². The summed E-state index contributed by atoms with van der Waals surface area (Å²) in [5.74, 6) is 0.0573. The quantitative estimate of drug-likeness (QED) is 0.286. The molecule has 6 nitrogen and oxygen atoms in total. The molecule has 2 amide bonds. The van der Waals surface area contributed by atoms with Crippen molar-refractivity contribution in [2.45, 2.75) is 39.7 Å². The fraction of sp³-hybridized carbons (Fsp3) is 0.379. The van der Waals surface area contributed by atoms with Gasteiger partial charge in [0, 0.05) is 18.0 Å². The normalized spacial score (nSPS) is 10.7. The molecule has 3 aromatic rings. The van der Waals surface area contributed by atoms with E-state index in [0.29, 0.717) is 37.6 Å². The number of nitrogens with zero attached hydrogens (tertiary/aromatic N) is 2. The van der Waals surface area contributed by atoms with Crippen LogP contribution in [0.15, 0.2) is 53.9 Å². The highest BCUT2D eigenvalue weighted by Gasteiger charge is 2.24. The maximum absolute atomic E-state index is 14.4. The molecule has 0 N–H and O–H groups in total. The Bertz CT molecular complexity index is 1200. The van der Waals surface area contributed by atoms with E-state index >= 15 is 0 Å². The SMILES string of the molecule is CCCCN(CC(=O)N(CCc1ccc(OC)c(OC)c1)Cc1sccc1C)C(=O)c1ccccc1F. The Balaban J connectivity index is 1.81. The summed E-state index contributed by atoms with van der Waals surface area (Å²) in [6.07, 6.45) is 2.18. The highest BCUT2D eigenvalue weighted by molar-refractivity contribution is 7.10. The summed E-state index contributed by atoms with van der Waals surface area (Å²) in [5.41, 5.74) is 2.11. The number of thiophene rings is 1. The Morgan fingerprint density at radius 1 is 0.973 bits per heavy atom. The molecule has 2 aromatic carbocycles. The number of unbranched alkanes of at least 4 members (excludes halogenated alkanes) is 1. The Morgan fingerprint density at radius 2 is 1.73 bits per heavy atom. The van der Waals surface area contributed by atoms with Crippen LogP contribution < -0.4 is 9.47 Å².